The van der Waals surface area contributed by atoms with Crippen molar-refractivity contribution < 1.29 is 0 Å². The van der Waals surface area contributed by atoms with Crippen molar-refractivity contribution in [2.24, 2.45) is 0 Å². The lowest BCUT2D eigenvalue weighted by Gasteiger charge is -2.05. The molecule has 0 saturated carbocycles. The van der Waals surface area contributed by atoms with Gasteiger partial charge in [-0.3, -0.25) is 4.68 Å². The van der Waals surface area contributed by atoms with Crippen LogP contribution in [0.5, 0.6) is 0 Å². The summed E-state index contributed by atoms with van der Waals surface area (Å²) < 4.78 is 3.09. The van der Waals surface area contributed by atoms with Crippen molar-refractivity contribution >= 4 is 15.9 Å². The third-order valence-corrected chi connectivity index (χ3v) is 2.99. The zero-order valence-electron chi connectivity index (χ0n) is 9.86. The smallest absolute Gasteiger partial charge is 0.0534 e. The van der Waals surface area contributed by atoms with Gasteiger partial charge in [-0.05, 0) is 30.2 Å². The van der Waals surface area contributed by atoms with Crippen LogP contribution in [0.4, 0.5) is 0 Å². The minimum atomic E-state index is 0.889. The van der Waals surface area contributed by atoms with Gasteiger partial charge in [0.1, 0.15) is 0 Å². The molecule has 0 saturated heterocycles. The van der Waals surface area contributed by atoms with Crippen LogP contribution in [0.2, 0.25) is 0 Å². The summed E-state index contributed by atoms with van der Waals surface area (Å²) in [6, 6.07) is 8.34. The third-order valence-electron chi connectivity index (χ3n) is 2.50. The maximum absolute atomic E-state index is 4.24. The van der Waals surface area contributed by atoms with Gasteiger partial charge in [-0.2, -0.15) is 5.10 Å². The van der Waals surface area contributed by atoms with E-state index in [0.717, 1.165) is 24.1 Å². The van der Waals surface area contributed by atoms with Crippen LogP contribution in [0.3, 0.4) is 0 Å². The summed E-state index contributed by atoms with van der Waals surface area (Å²) in [4.78, 5) is 0. The first-order chi connectivity index (χ1) is 8.24. The molecule has 1 aromatic carbocycles. The zero-order valence-corrected chi connectivity index (χ0v) is 11.4. The van der Waals surface area contributed by atoms with Gasteiger partial charge in [0.05, 0.1) is 12.7 Å². The van der Waals surface area contributed by atoms with E-state index in [1.807, 2.05) is 16.9 Å². The molecule has 2 aromatic rings. The lowest BCUT2D eigenvalue weighted by molar-refractivity contribution is 0.554. The largest absolute Gasteiger partial charge is 0.311 e. The topological polar surface area (TPSA) is 29.9 Å². The zero-order chi connectivity index (χ0) is 12.1. The molecule has 1 aromatic heterocycles. The normalized spacial score (nSPS) is 10.7. The van der Waals surface area contributed by atoms with Gasteiger partial charge in [-0.15, -0.1) is 0 Å². The molecular weight excluding hydrogens is 278 g/mol. The highest BCUT2D eigenvalue weighted by Crippen LogP contribution is 2.11. The SMILES string of the molecule is Cc1cnn(CCNCc2cccc(Br)c2)c1. The number of aryl methyl sites for hydroxylation is 1. The number of rotatable bonds is 5. The molecule has 17 heavy (non-hydrogen) atoms. The van der Waals surface area contributed by atoms with E-state index in [9.17, 15) is 0 Å². The van der Waals surface area contributed by atoms with Crippen molar-refractivity contribution in [3.05, 3.63) is 52.3 Å². The predicted molar refractivity (Wildman–Crippen MR) is 72.8 cm³/mol. The highest BCUT2D eigenvalue weighted by Gasteiger charge is 1.95. The molecule has 0 aliphatic carbocycles. The van der Waals surface area contributed by atoms with Gasteiger partial charge in [0.15, 0.2) is 0 Å². The maximum atomic E-state index is 4.24. The molecule has 0 amide bonds. The van der Waals surface area contributed by atoms with E-state index in [2.05, 4.69) is 57.7 Å². The first kappa shape index (κ1) is 12.3. The van der Waals surface area contributed by atoms with Crippen molar-refractivity contribution in [3.63, 3.8) is 0 Å². The van der Waals surface area contributed by atoms with Gasteiger partial charge in [-0.25, -0.2) is 0 Å². The van der Waals surface area contributed by atoms with Crippen LogP contribution < -0.4 is 5.32 Å². The summed E-state index contributed by atoms with van der Waals surface area (Å²) >= 11 is 3.47. The standard InChI is InChI=1S/C13H16BrN3/c1-11-8-16-17(10-11)6-5-15-9-12-3-2-4-13(14)7-12/h2-4,7-8,10,15H,5-6,9H2,1H3. The second-order valence-electron chi connectivity index (χ2n) is 4.09. The molecule has 0 aliphatic rings. The van der Waals surface area contributed by atoms with Crippen LogP contribution in [0.25, 0.3) is 0 Å². The molecule has 2 rings (SSSR count). The molecule has 4 heteroatoms. The number of halogens is 1. The Bertz CT molecular complexity index is 479. The Kier molecular flexibility index (Phi) is 4.34. The summed E-state index contributed by atoms with van der Waals surface area (Å²) in [6.45, 7) is 4.77. The van der Waals surface area contributed by atoms with Gasteiger partial charge in [0, 0.05) is 23.8 Å². The van der Waals surface area contributed by atoms with Gasteiger partial charge in [0.25, 0.3) is 0 Å². The van der Waals surface area contributed by atoms with Gasteiger partial charge in [-0.1, -0.05) is 28.1 Å². The molecule has 0 bridgehead atoms. The highest BCUT2D eigenvalue weighted by atomic mass is 79.9. The minimum Gasteiger partial charge on any atom is -0.311 e. The Balaban J connectivity index is 1.73. The fourth-order valence-corrected chi connectivity index (χ4v) is 2.11. The first-order valence-electron chi connectivity index (χ1n) is 5.68. The second kappa shape index (κ2) is 5.98. The van der Waals surface area contributed by atoms with Gasteiger partial charge >= 0.3 is 0 Å². The molecular formula is C13H16BrN3. The third kappa shape index (κ3) is 3.98. The summed E-state index contributed by atoms with van der Waals surface area (Å²) in [5.41, 5.74) is 2.49. The molecule has 0 radical (unpaired) electrons. The molecule has 3 nitrogen and oxygen atoms in total. The summed E-state index contributed by atoms with van der Waals surface area (Å²) in [7, 11) is 0. The predicted octanol–water partition coefficient (Wildman–Crippen LogP) is 2.74. The summed E-state index contributed by atoms with van der Waals surface area (Å²) in [6.07, 6.45) is 3.94. The molecule has 0 atom stereocenters. The van der Waals surface area contributed by atoms with E-state index >= 15 is 0 Å². The molecule has 1 heterocycles. The maximum Gasteiger partial charge on any atom is 0.0534 e. The van der Waals surface area contributed by atoms with E-state index in [4.69, 9.17) is 0 Å². The summed E-state index contributed by atoms with van der Waals surface area (Å²) in [5, 5.41) is 7.65. The van der Waals surface area contributed by atoms with Crippen LogP contribution in [0.1, 0.15) is 11.1 Å². The van der Waals surface area contributed by atoms with Crippen LogP contribution in [-0.2, 0) is 13.1 Å². The first-order valence-corrected chi connectivity index (χ1v) is 6.47. The van der Waals surface area contributed by atoms with E-state index in [1.165, 1.54) is 11.1 Å². The summed E-state index contributed by atoms with van der Waals surface area (Å²) in [5.74, 6) is 0. The number of hydrogen-bond donors (Lipinski definition) is 1. The molecule has 0 unspecified atom stereocenters. The van der Waals surface area contributed by atoms with E-state index in [1.54, 1.807) is 0 Å². The Labute approximate surface area is 110 Å². The van der Waals surface area contributed by atoms with E-state index in [-0.39, 0.29) is 0 Å². The van der Waals surface area contributed by atoms with Crippen LogP contribution in [0, 0.1) is 6.92 Å². The number of aromatic nitrogens is 2. The Morgan fingerprint density at radius 3 is 3.00 bits per heavy atom. The number of benzene rings is 1. The molecule has 1 N–H and O–H groups in total. The van der Waals surface area contributed by atoms with E-state index < -0.39 is 0 Å². The molecule has 0 fully saturated rings. The van der Waals surface area contributed by atoms with E-state index in [0.29, 0.717) is 0 Å². The molecule has 0 aliphatic heterocycles. The van der Waals surface area contributed by atoms with Crippen LogP contribution in [0.15, 0.2) is 41.1 Å². The Morgan fingerprint density at radius 1 is 1.41 bits per heavy atom. The van der Waals surface area contributed by atoms with Crippen molar-refractivity contribution in [1.82, 2.24) is 15.1 Å². The number of nitrogens with one attached hydrogen (secondary N) is 1. The Hall–Kier alpha value is -1.13. The van der Waals surface area contributed by atoms with Crippen molar-refractivity contribution in [3.8, 4) is 0 Å². The number of nitrogens with zero attached hydrogens (tertiary/aromatic N) is 2. The second-order valence-corrected chi connectivity index (χ2v) is 5.00. The fraction of sp³-hybridized carbons (Fsp3) is 0.308. The Morgan fingerprint density at radius 2 is 2.29 bits per heavy atom. The quantitative estimate of drug-likeness (QED) is 0.859. The van der Waals surface area contributed by atoms with Crippen LogP contribution in [-0.4, -0.2) is 16.3 Å². The molecule has 0 spiro atoms. The number of hydrogen-bond acceptors (Lipinski definition) is 2. The van der Waals surface area contributed by atoms with Crippen molar-refractivity contribution in [1.29, 1.82) is 0 Å². The van der Waals surface area contributed by atoms with Crippen molar-refractivity contribution in [2.75, 3.05) is 6.54 Å². The highest BCUT2D eigenvalue weighted by molar-refractivity contribution is 9.10. The molecule has 90 valence electrons. The van der Waals surface area contributed by atoms with Crippen molar-refractivity contribution in [2.45, 2.75) is 20.0 Å². The fourth-order valence-electron chi connectivity index (χ4n) is 1.66. The lowest BCUT2D eigenvalue weighted by Crippen LogP contribution is -2.19. The van der Waals surface area contributed by atoms with Gasteiger partial charge < -0.3 is 5.32 Å². The average molecular weight is 294 g/mol. The lowest BCUT2D eigenvalue weighted by atomic mass is 10.2. The van der Waals surface area contributed by atoms with Gasteiger partial charge in [0.2, 0.25) is 0 Å². The monoisotopic (exact) mass is 293 g/mol. The minimum absolute atomic E-state index is 0.889. The van der Waals surface area contributed by atoms with Crippen LogP contribution >= 0.6 is 15.9 Å². The average Bonchev–Trinajstić information content (AvgIpc) is 2.71.